The van der Waals surface area contributed by atoms with Gasteiger partial charge in [-0.3, -0.25) is 9.59 Å². The predicted molar refractivity (Wildman–Crippen MR) is 73.2 cm³/mol. The van der Waals surface area contributed by atoms with Gasteiger partial charge in [-0.2, -0.15) is 60.7 Å². The van der Waals surface area contributed by atoms with Crippen LogP contribution in [-0.2, 0) is 29.0 Å². The molecular formula is C16H14O4Zn. The van der Waals surface area contributed by atoms with E-state index < -0.39 is 0 Å². The minimum Gasteiger partial charge on any atom is -0.475 e. The van der Waals surface area contributed by atoms with Crippen molar-refractivity contribution in [2.75, 3.05) is 14.2 Å². The van der Waals surface area contributed by atoms with E-state index in [1.807, 2.05) is 0 Å². The van der Waals surface area contributed by atoms with E-state index in [0.717, 1.165) is 0 Å². The quantitative estimate of drug-likeness (QED) is 0.481. The molecule has 0 aromatic heterocycles. The number of methoxy groups -OCH3 is 2. The first-order valence-corrected chi connectivity index (χ1v) is 5.78. The van der Waals surface area contributed by atoms with Gasteiger partial charge in [0.15, 0.2) is 0 Å². The third-order valence-corrected chi connectivity index (χ3v) is 2.26. The summed E-state index contributed by atoms with van der Waals surface area (Å²) in [5, 5.41) is 0. The molecule has 0 atom stereocenters. The van der Waals surface area contributed by atoms with Gasteiger partial charge < -0.3 is 9.47 Å². The molecule has 0 heterocycles. The van der Waals surface area contributed by atoms with Gasteiger partial charge >= 0.3 is 19.5 Å². The molecular weight excluding hydrogens is 322 g/mol. The van der Waals surface area contributed by atoms with Crippen molar-refractivity contribution in [3.05, 3.63) is 71.8 Å². The third kappa shape index (κ3) is 6.82. The normalized spacial score (nSPS) is 8.48. The van der Waals surface area contributed by atoms with Gasteiger partial charge in [0.25, 0.3) is 11.9 Å². The Labute approximate surface area is 136 Å². The van der Waals surface area contributed by atoms with Gasteiger partial charge in [-0.1, -0.05) is 11.1 Å². The number of hydrogen-bond donors (Lipinski definition) is 0. The predicted octanol–water partition coefficient (Wildman–Crippen LogP) is 2.54. The Morgan fingerprint density at radius 1 is 0.857 bits per heavy atom. The molecule has 0 fully saturated rings. The number of carbonyl (C=O) groups excluding carboxylic acids is 2. The molecule has 4 nitrogen and oxygen atoms in total. The van der Waals surface area contributed by atoms with Crippen LogP contribution in [0.3, 0.4) is 0 Å². The number of benzene rings is 2. The van der Waals surface area contributed by atoms with Crippen molar-refractivity contribution in [3.63, 3.8) is 0 Å². The summed E-state index contributed by atoms with van der Waals surface area (Å²) in [6.07, 6.45) is 0. The van der Waals surface area contributed by atoms with Crippen LogP contribution in [0.1, 0.15) is 20.7 Å². The standard InChI is InChI=1S/2C8H7O2.Zn/c2*1-10-8(9)7-5-3-2-4-6-7;/h2*2-3,5-6H,1H3;/q2*-1;+2. The summed E-state index contributed by atoms with van der Waals surface area (Å²) >= 11 is 0. The summed E-state index contributed by atoms with van der Waals surface area (Å²) in [5.41, 5.74) is 1.06. The number of ether oxygens (including phenoxy) is 2. The Bertz CT molecular complexity index is 489. The number of hydrogen-bond acceptors (Lipinski definition) is 4. The molecule has 0 aliphatic carbocycles. The molecule has 0 aliphatic heterocycles. The Morgan fingerprint density at radius 3 is 1.48 bits per heavy atom. The molecule has 0 unspecified atom stereocenters. The van der Waals surface area contributed by atoms with Crippen LogP contribution in [0.5, 0.6) is 0 Å². The Kier molecular flexibility index (Phi) is 9.73. The van der Waals surface area contributed by atoms with Crippen molar-refractivity contribution >= 4 is 11.9 Å². The van der Waals surface area contributed by atoms with Crippen molar-refractivity contribution in [2.45, 2.75) is 0 Å². The number of esters is 2. The van der Waals surface area contributed by atoms with Gasteiger partial charge in [0.1, 0.15) is 0 Å². The van der Waals surface area contributed by atoms with Crippen LogP contribution in [0.4, 0.5) is 0 Å². The molecule has 0 aliphatic rings. The second kappa shape index (κ2) is 10.8. The fourth-order valence-corrected chi connectivity index (χ4v) is 1.28. The molecule has 0 N–H and O–H groups in total. The van der Waals surface area contributed by atoms with Crippen LogP contribution in [-0.4, -0.2) is 26.2 Å². The molecule has 2 aromatic carbocycles. The van der Waals surface area contributed by atoms with Crippen LogP contribution in [0, 0.1) is 12.1 Å². The first-order valence-electron chi connectivity index (χ1n) is 5.78. The van der Waals surface area contributed by atoms with E-state index in [-0.39, 0.29) is 31.4 Å². The second-order valence-electron chi connectivity index (χ2n) is 3.57. The second-order valence-corrected chi connectivity index (χ2v) is 3.57. The van der Waals surface area contributed by atoms with E-state index in [4.69, 9.17) is 0 Å². The fraction of sp³-hybridized carbons (Fsp3) is 0.125. The summed E-state index contributed by atoms with van der Waals surface area (Å²) in [5.74, 6) is -0.645. The van der Waals surface area contributed by atoms with E-state index in [9.17, 15) is 9.59 Å². The third-order valence-electron chi connectivity index (χ3n) is 2.26. The monoisotopic (exact) mass is 334 g/mol. The molecule has 104 valence electrons. The summed E-state index contributed by atoms with van der Waals surface area (Å²) < 4.78 is 8.95. The molecule has 0 bridgehead atoms. The fourth-order valence-electron chi connectivity index (χ4n) is 1.28. The van der Waals surface area contributed by atoms with Gasteiger partial charge in [0, 0.05) is 0 Å². The smallest absolute Gasteiger partial charge is 0.475 e. The topological polar surface area (TPSA) is 52.6 Å². The van der Waals surface area contributed by atoms with Crippen molar-refractivity contribution < 1.29 is 38.5 Å². The zero-order valence-corrected chi connectivity index (χ0v) is 14.9. The van der Waals surface area contributed by atoms with Crippen molar-refractivity contribution in [3.8, 4) is 0 Å². The van der Waals surface area contributed by atoms with Gasteiger partial charge in [-0.25, -0.2) is 0 Å². The molecule has 5 heteroatoms. The Balaban J connectivity index is 0.000000364. The maximum absolute atomic E-state index is 10.8. The van der Waals surface area contributed by atoms with Crippen molar-refractivity contribution in [2.24, 2.45) is 0 Å². The van der Waals surface area contributed by atoms with Crippen LogP contribution in [0.25, 0.3) is 0 Å². The molecule has 0 saturated heterocycles. The SMILES string of the molecule is COC(=O)c1c[c-]ccc1.COC(=O)c1c[c-]ccc1.[Zn+2]. The van der Waals surface area contributed by atoms with E-state index in [2.05, 4.69) is 21.6 Å². The Morgan fingerprint density at radius 2 is 1.24 bits per heavy atom. The molecule has 0 amide bonds. The molecule has 2 rings (SSSR count). The first kappa shape index (κ1) is 19.0. The van der Waals surface area contributed by atoms with Crippen molar-refractivity contribution in [1.29, 1.82) is 0 Å². The average Bonchev–Trinajstić information content (AvgIpc) is 2.55. The molecule has 0 saturated carbocycles. The molecule has 0 spiro atoms. The minimum atomic E-state index is -0.322. The van der Waals surface area contributed by atoms with Crippen LogP contribution in [0.15, 0.2) is 48.5 Å². The van der Waals surface area contributed by atoms with Crippen LogP contribution < -0.4 is 0 Å². The van der Waals surface area contributed by atoms with E-state index in [1.54, 1.807) is 48.5 Å². The number of carbonyl (C=O) groups is 2. The van der Waals surface area contributed by atoms with E-state index in [0.29, 0.717) is 11.1 Å². The average molecular weight is 336 g/mol. The minimum absolute atomic E-state index is 0. The van der Waals surface area contributed by atoms with Gasteiger partial charge in [-0.05, 0) is 0 Å². The Hall–Kier alpha value is -2.00. The van der Waals surface area contributed by atoms with E-state index >= 15 is 0 Å². The van der Waals surface area contributed by atoms with Crippen LogP contribution in [0.2, 0.25) is 0 Å². The first-order chi connectivity index (χ1) is 9.69. The number of rotatable bonds is 2. The summed E-state index contributed by atoms with van der Waals surface area (Å²) in [7, 11) is 2.71. The summed E-state index contributed by atoms with van der Waals surface area (Å²) in [4.78, 5) is 21.5. The molecule has 21 heavy (non-hydrogen) atoms. The maximum atomic E-state index is 10.8. The maximum Gasteiger partial charge on any atom is 2.00 e. The van der Waals surface area contributed by atoms with Gasteiger partial charge in [0.05, 0.1) is 14.2 Å². The molecule has 0 radical (unpaired) electrons. The van der Waals surface area contributed by atoms with Crippen LogP contribution >= 0.6 is 0 Å². The summed E-state index contributed by atoms with van der Waals surface area (Å²) in [6, 6.07) is 19.0. The van der Waals surface area contributed by atoms with Gasteiger partial charge in [0.2, 0.25) is 0 Å². The van der Waals surface area contributed by atoms with Crippen molar-refractivity contribution in [1.82, 2.24) is 0 Å². The largest absolute Gasteiger partial charge is 2.00 e. The van der Waals surface area contributed by atoms with Gasteiger partial charge in [-0.15, -0.1) is 0 Å². The molecule has 2 aromatic rings. The van der Waals surface area contributed by atoms with E-state index in [1.165, 1.54) is 14.2 Å². The summed E-state index contributed by atoms with van der Waals surface area (Å²) in [6.45, 7) is 0. The zero-order valence-electron chi connectivity index (χ0n) is 12.0. The zero-order chi connectivity index (χ0) is 14.8.